The maximum absolute atomic E-state index is 5.33. The summed E-state index contributed by atoms with van der Waals surface area (Å²) in [7, 11) is 3.47. The van der Waals surface area contributed by atoms with Crippen molar-refractivity contribution >= 4 is 11.3 Å². The molecule has 1 aliphatic heterocycles. The van der Waals surface area contributed by atoms with E-state index in [-0.39, 0.29) is 5.54 Å². The maximum atomic E-state index is 5.33. The molecule has 2 rings (SSSR count). The van der Waals surface area contributed by atoms with E-state index in [0.717, 1.165) is 13.0 Å². The van der Waals surface area contributed by atoms with Gasteiger partial charge < -0.3 is 14.8 Å². The Morgan fingerprint density at radius 3 is 2.80 bits per heavy atom. The fourth-order valence-corrected chi connectivity index (χ4v) is 3.24. The van der Waals surface area contributed by atoms with Crippen LogP contribution in [0, 0.1) is 0 Å². The molecule has 0 bridgehead atoms. The molecule has 4 heteroatoms. The molecule has 0 aromatic carbocycles. The van der Waals surface area contributed by atoms with Gasteiger partial charge in [-0.15, -0.1) is 11.3 Å². The van der Waals surface area contributed by atoms with E-state index < -0.39 is 0 Å². The molecule has 0 atom stereocenters. The van der Waals surface area contributed by atoms with Gasteiger partial charge in [0.1, 0.15) is 0 Å². The van der Waals surface area contributed by atoms with Crippen molar-refractivity contribution in [2.75, 3.05) is 34.0 Å². The van der Waals surface area contributed by atoms with Crippen molar-refractivity contribution in [3.8, 4) is 0 Å². The highest BCUT2D eigenvalue weighted by atomic mass is 32.1. The van der Waals surface area contributed by atoms with Crippen LogP contribution in [0.4, 0.5) is 0 Å². The summed E-state index contributed by atoms with van der Waals surface area (Å²) in [5, 5.41) is 5.68. The molecule has 3 nitrogen and oxygen atoms in total. The third kappa shape index (κ3) is 1.95. The number of ether oxygens (including phenoxy) is 2. The minimum Gasteiger partial charge on any atom is -0.382 e. The zero-order chi connectivity index (χ0) is 10.7. The number of thiophene rings is 1. The highest BCUT2D eigenvalue weighted by molar-refractivity contribution is 7.10. The van der Waals surface area contributed by atoms with Gasteiger partial charge in [0.2, 0.25) is 0 Å². The fourth-order valence-electron chi connectivity index (χ4n) is 2.26. The van der Waals surface area contributed by atoms with Crippen molar-refractivity contribution in [2.24, 2.45) is 0 Å². The SMILES string of the molecule is COCC1(COC)NCCc2sccc21. The predicted molar refractivity (Wildman–Crippen MR) is 61.5 cm³/mol. The van der Waals surface area contributed by atoms with E-state index in [1.807, 2.05) is 11.3 Å². The van der Waals surface area contributed by atoms with Crippen LogP contribution in [0.5, 0.6) is 0 Å². The van der Waals surface area contributed by atoms with Crippen molar-refractivity contribution in [3.05, 3.63) is 21.9 Å². The zero-order valence-electron chi connectivity index (χ0n) is 9.21. The first kappa shape index (κ1) is 11.1. The Morgan fingerprint density at radius 1 is 1.40 bits per heavy atom. The lowest BCUT2D eigenvalue weighted by Gasteiger charge is -2.37. The molecule has 0 unspecified atom stereocenters. The van der Waals surface area contributed by atoms with Crippen LogP contribution in [0.25, 0.3) is 0 Å². The number of hydrogen-bond donors (Lipinski definition) is 1. The van der Waals surface area contributed by atoms with E-state index in [1.165, 1.54) is 10.4 Å². The summed E-state index contributed by atoms with van der Waals surface area (Å²) in [5.74, 6) is 0. The second-order valence-corrected chi connectivity index (χ2v) is 4.88. The van der Waals surface area contributed by atoms with Crippen LogP contribution in [0.2, 0.25) is 0 Å². The van der Waals surface area contributed by atoms with Crippen LogP contribution in [-0.2, 0) is 21.4 Å². The Hall–Kier alpha value is -0.420. The van der Waals surface area contributed by atoms with E-state index in [1.54, 1.807) is 14.2 Å². The van der Waals surface area contributed by atoms with Gasteiger partial charge in [0.15, 0.2) is 0 Å². The molecule has 1 aromatic rings. The Balaban J connectivity index is 2.33. The molecule has 0 fully saturated rings. The fraction of sp³-hybridized carbons (Fsp3) is 0.636. The van der Waals surface area contributed by atoms with E-state index in [9.17, 15) is 0 Å². The van der Waals surface area contributed by atoms with Gasteiger partial charge in [0.05, 0.1) is 18.8 Å². The first-order valence-corrected chi connectivity index (χ1v) is 6.00. The Morgan fingerprint density at radius 2 is 2.13 bits per heavy atom. The summed E-state index contributed by atoms with van der Waals surface area (Å²) in [6, 6.07) is 2.18. The number of methoxy groups -OCH3 is 2. The lowest BCUT2D eigenvalue weighted by Crippen LogP contribution is -2.53. The average molecular weight is 227 g/mol. The summed E-state index contributed by atoms with van der Waals surface area (Å²) in [5.41, 5.74) is 1.21. The van der Waals surface area contributed by atoms with Gasteiger partial charge in [0.25, 0.3) is 0 Å². The Labute approximate surface area is 94.4 Å². The molecule has 2 heterocycles. The van der Waals surface area contributed by atoms with Gasteiger partial charge in [-0.3, -0.25) is 0 Å². The Kier molecular flexibility index (Phi) is 3.41. The standard InChI is InChI=1S/C11H17NO2S/c1-13-7-11(8-14-2)9-4-6-15-10(9)3-5-12-11/h4,6,12H,3,5,7-8H2,1-2H3. The molecule has 1 aliphatic rings. The van der Waals surface area contributed by atoms with E-state index in [0.29, 0.717) is 13.2 Å². The molecule has 84 valence electrons. The monoisotopic (exact) mass is 227 g/mol. The molecule has 0 radical (unpaired) electrons. The van der Waals surface area contributed by atoms with E-state index >= 15 is 0 Å². The summed E-state index contributed by atoms with van der Waals surface area (Å²) in [4.78, 5) is 1.46. The second kappa shape index (κ2) is 4.61. The van der Waals surface area contributed by atoms with Crippen LogP contribution in [0.1, 0.15) is 10.4 Å². The van der Waals surface area contributed by atoms with Gasteiger partial charge in [0, 0.05) is 25.6 Å². The number of rotatable bonds is 4. The summed E-state index contributed by atoms with van der Waals surface area (Å²) in [6.07, 6.45) is 1.11. The zero-order valence-corrected chi connectivity index (χ0v) is 10.0. The largest absolute Gasteiger partial charge is 0.382 e. The molecule has 0 aliphatic carbocycles. The van der Waals surface area contributed by atoms with E-state index in [4.69, 9.17) is 9.47 Å². The van der Waals surface area contributed by atoms with Gasteiger partial charge in [-0.05, 0) is 23.4 Å². The topological polar surface area (TPSA) is 30.5 Å². The van der Waals surface area contributed by atoms with Crippen LogP contribution < -0.4 is 5.32 Å². The first-order chi connectivity index (χ1) is 7.32. The molecular formula is C11H17NO2S. The summed E-state index contributed by atoms with van der Waals surface area (Å²) < 4.78 is 10.7. The average Bonchev–Trinajstić information content (AvgIpc) is 2.68. The minimum absolute atomic E-state index is 0.142. The molecule has 0 saturated carbocycles. The number of nitrogens with one attached hydrogen (secondary N) is 1. The summed E-state index contributed by atoms with van der Waals surface area (Å²) in [6.45, 7) is 2.31. The normalized spacial score (nSPS) is 18.8. The van der Waals surface area contributed by atoms with Crippen molar-refractivity contribution in [1.29, 1.82) is 0 Å². The van der Waals surface area contributed by atoms with Crippen molar-refractivity contribution < 1.29 is 9.47 Å². The lowest BCUT2D eigenvalue weighted by atomic mass is 9.88. The van der Waals surface area contributed by atoms with Gasteiger partial charge >= 0.3 is 0 Å². The Bertz CT molecular complexity index is 318. The quantitative estimate of drug-likeness (QED) is 0.843. The smallest absolute Gasteiger partial charge is 0.0919 e. The van der Waals surface area contributed by atoms with Crippen LogP contribution in [-0.4, -0.2) is 34.0 Å². The van der Waals surface area contributed by atoms with Crippen LogP contribution in [0.15, 0.2) is 11.4 Å². The molecule has 15 heavy (non-hydrogen) atoms. The number of hydrogen-bond acceptors (Lipinski definition) is 4. The van der Waals surface area contributed by atoms with Gasteiger partial charge in [-0.1, -0.05) is 0 Å². The van der Waals surface area contributed by atoms with Crippen molar-refractivity contribution in [1.82, 2.24) is 5.32 Å². The second-order valence-electron chi connectivity index (χ2n) is 3.88. The van der Waals surface area contributed by atoms with Crippen molar-refractivity contribution in [3.63, 3.8) is 0 Å². The highest BCUT2D eigenvalue weighted by Crippen LogP contribution is 2.32. The first-order valence-electron chi connectivity index (χ1n) is 5.12. The number of fused-ring (bicyclic) bond motifs is 1. The molecule has 0 saturated heterocycles. The molecule has 0 spiro atoms. The van der Waals surface area contributed by atoms with Crippen molar-refractivity contribution in [2.45, 2.75) is 12.0 Å². The molecule has 0 amide bonds. The molecule has 1 N–H and O–H groups in total. The predicted octanol–water partition coefficient (Wildman–Crippen LogP) is 1.38. The molecular weight excluding hydrogens is 210 g/mol. The lowest BCUT2D eigenvalue weighted by molar-refractivity contribution is 0.0366. The third-order valence-electron chi connectivity index (χ3n) is 2.86. The minimum atomic E-state index is -0.142. The molecule has 1 aromatic heterocycles. The van der Waals surface area contributed by atoms with E-state index in [2.05, 4.69) is 16.8 Å². The maximum Gasteiger partial charge on any atom is 0.0919 e. The highest BCUT2D eigenvalue weighted by Gasteiger charge is 2.37. The van der Waals surface area contributed by atoms with Gasteiger partial charge in [-0.25, -0.2) is 0 Å². The third-order valence-corrected chi connectivity index (χ3v) is 3.84. The van der Waals surface area contributed by atoms with Crippen LogP contribution in [0.3, 0.4) is 0 Å². The summed E-state index contributed by atoms with van der Waals surface area (Å²) >= 11 is 1.83. The van der Waals surface area contributed by atoms with Gasteiger partial charge in [-0.2, -0.15) is 0 Å². The van der Waals surface area contributed by atoms with Crippen LogP contribution >= 0.6 is 11.3 Å².